The number of rotatable bonds is 5. The maximum Gasteiger partial charge on any atom is 0.280 e. The van der Waals surface area contributed by atoms with E-state index in [0.717, 1.165) is 21.1 Å². The van der Waals surface area contributed by atoms with E-state index in [9.17, 15) is 13.2 Å². The Morgan fingerprint density at radius 3 is 2.83 bits per heavy atom. The van der Waals surface area contributed by atoms with Gasteiger partial charge in [0.05, 0.1) is 11.7 Å². The van der Waals surface area contributed by atoms with Gasteiger partial charge >= 0.3 is 0 Å². The summed E-state index contributed by atoms with van der Waals surface area (Å²) in [6.45, 7) is 4.91. The van der Waals surface area contributed by atoms with E-state index in [1.54, 1.807) is 16.8 Å². The summed E-state index contributed by atoms with van der Waals surface area (Å²) in [6.07, 6.45) is 2.13. The second kappa shape index (κ2) is 7.89. The normalized spacial score (nSPS) is 22.8. The van der Waals surface area contributed by atoms with Crippen molar-refractivity contribution in [2.45, 2.75) is 45.4 Å². The van der Waals surface area contributed by atoms with Crippen molar-refractivity contribution in [2.24, 2.45) is 0 Å². The molecule has 0 unspecified atom stereocenters. The third-order valence-corrected chi connectivity index (χ3v) is 7.05. The quantitative estimate of drug-likeness (QED) is 0.719. The first-order valence-electron chi connectivity index (χ1n) is 9.74. The van der Waals surface area contributed by atoms with E-state index in [0.29, 0.717) is 24.5 Å². The van der Waals surface area contributed by atoms with Crippen LogP contribution in [0.3, 0.4) is 0 Å². The van der Waals surface area contributed by atoms with Gasteiger partial charge in [-0.2, -0.15) is 22.5 Å². The number of amides is 1. The Bertz CT molecular complexity index is 1070. The van der Waals surface area contributed by atoms with Crippen LogP contribution in [0.1, 0.15) is 36.2 Å². The lowest BCUT2D eigenvalue weighted by Gasteiger charge is -2.36. The summed E-state index contributed by atoms with van der Waals surface area (Å²) in [4.78, 5) is 12.9. The highest BCUT2D eigenvalue weighted by Gasteiger charge is 2.41. The van der Waals surface area contributed by atoms with Crippen molar-refractivity contribution in [3.8, 4) is 11.5 Å². The van der Waals surface area contributed by atoms with E-state index < -0.39 is 22.3 Å². The van der Waals surface area contributed by atoms with Gasteiger partial charge in [-0.3, -0.25) is 9.48 Å². The summed E-state index contributed by atoms with van der Waals surface area (Å²) >= 11 is 0. The SMILES string of the molecule is CCn1cc([C@@H]2C[C@@H](C(=O)NCc3ccc4c(c3)OCO4)N(C)S(=O)(=O)N2)c(C)n1. The molecule has 0 bridgehead atoms. The Kier molecular flexibility index (Phi) is 5.43. The van der Waals surface area contributed by atoms with Crippen LogP contribution in [0, 0.1) is 6.92 Å². The molecule has 2 aromatic rings. The first-order valence-corrected chi connectivity index (χ1v) is 11.2. The van der Waals surface area contributed by atoms with E-state index >= 15 is 0 Å². The Balaban J connectivity index is 1.49. The zero-order chi connectivity index (χ0) is 21.5. The molecule has 162 valence electrons. The van der Waals surface area contributed by atoms with Crippen LogP contribution in [0.2, 0.25) is 0 Å². The van der Waals surface area contributed by atoms with Crippen molar-refractivity contribution in [3.63, 3.8) is 0 Å². The Morgan fingerprint density at radius 1 is 1.33 bits per heavy atom. The van der Waals surface area contributed by atoms with Crippen LogP contribution >= 0.6 is 0 Å². The van der Waals surface area contributed by atoms with Crippen molar-refractivity contribution >= 4 is 16.1 Å². The smallest absolute Gasteiger partial charge is 0.280 e. The predicted octanol–water partition coefficient (Wildman–Crippen LogP) is 0.836. The molecule has 0 saturated carbocycles. The molecular weight excluding hydrogens is 410 g/mol. The summed E-state index contributed by atoms with van der Waals surface area (Å²) in [6, 6.07) is 4.07. The molecular formula is C19H25N5O5S. The van der Waals surface area contributed by atoms with Gasteiger partial charge in [0.2, 0.25) is 12.7 Å². The number of hydrogen-bond donors (Lipinski definition) is 2. The van der Waals surface area contributed by atoms with Gasteiger partial charge in [0, 0.05) is 31.9 Å². The number of likely N-dealkylation sites (N-methyl/N-ethyl adjacent to an activating group) is 1. The van der Waals surface area contributed by atoms with Crippen LogP contribution in [0.4, 0.5) is 0 Å². The monoisotopic (exact) mass is 435 g/mol. The summed E-state index contributed by atoms with van der Waals surface area (Å²) in [7, 11) is -2.40. The fourth-order valence-electron chi connectivity index (χ4n) is 3.71. The fourth-order valence-corrected chi connectivity index (χ4v) is 4.97. The molecule has 3 heterocycles. The van der Waals surface area contributed by atoms with Crippen molar-refractivity contribution in [1.29, 1.82) is 0 Å². The first kappa shape index (κ1) is 20.6. The number of aryl methyl sites for hydroxylation is 2. The molecule has 11 heteroatoms. The summed E-state index contributed by atoms with van der Waals surface area (Å²) < 4.78 is 41.4. The minimum Gasteiger partial charge on any atom is -0.454 e. The summed E-state index contributed by atoms with van der Waals surface area (Å²) in [5, 5.41) is 7.23. The number of nitrogens with one attached hydrogen (secondary N) is 2. The molecule has 0 radical (unpaired) electrons. The molecule has 2 atom stereocenters. The van der Waals surface area contributed by atoms with E-state index in [4.69, 9.17) is 9.47 Å². The van der Waals surface area contributed by atoms with Gasteiger partial charge < -0.3 is 14.8 Å². The number of nitrogens with zero attached hydrogens (tertiary/aromatic N) is 3. The second-order valence-corrected chi connectivity index (χ2v) is 9.14. The lowest BCUT2D eigenvalue weighted by atomic mass is 10.00. The molecule has 2 aliphatic heterocycles. The Morgan fingerprint density at radius 2 is 2.10 bits per heavy atom. The van der Waals surface area contributed by atoms with Gasteiger partial charge in [-0.15, -0.1) is 0 Å². The minimum atomic E-state index is -3.81. The molecule has 4 rings (SSSR count). The molecule has 2 N–H and O–H groups in total. The maximum atomic E-state index is 12.9. The predicted molar refractivity (Wildman–Crippen MR) is 108 cm³/mol. The maximum absolute atomic E-state index is 12.9. The number of aromatic nitrogens is 2. The van der Waals surface area contributed by atoms with Crippen LogP contribution in [0.25, 0.3) is 0 Å². The second-order valence-electron chi connectivity index (χ2n) is 7.37. The Labute approximate surface area is 175 Å². The topological polar surface area (TPSA) is 115 Å². The first-order chi connectivity index (χ1) is 14.3. The number of carbonyl (C=O) groups is 1. The van der Waals surface area contributed by atoms with Crippen molar-refractivity contribution in [2.75, 3.05) is 13.8 Å². The van der Waals surface area contributed by atoms with Crippen LogP contribution in [-0.4, -0.2) is 48.3 Å². The average molecular weight is 436 g/mol. The third-order valence-electron chi connectivity index (χ3n) is 5.46. The summed E-state index contributed by atoms with van der Waals surface area (Å²) in [5.74, 6) is 0.942. The largest absolute Gasteiger partial charge is 0.454 e. The van der Waals surface area contributed by atoms with Crippen molar-refractivity contribution < 1.29 is 22.7 Å². The zero-order valence-electron chi connectivity index (χ0n) is 17.1. The van der Waals surface area contributed by atoms with Crippen LogP contribution in [0.5, 0.6) is 11.5 Å². The fraction of sp³-hybridized carbons (Fsp3) is 0.474. The zero-order valence-corrected chi connectivity index (χ0v) is 17.9. The molecule has 1 amide bonds. The molecule has 1 aromatic carbocycles. The molecule has 1 aromatic heterocycles. The molecule has 0 spiro atoms. The van der Waals surface area contributed by atoms with E-state index in [2.05, 4.69) is 15.1 Å². The lowest BCUT2D eigenvalue weighted by Crippen LogP contribution is -2.57. The average Bonchev–Trinajstić information content (AvgIpc) is 3.33. The highest BCUT2D eigenvalue weighted by atomic mass is 32.2. The van der Waals surface area contributed by atoms with E-state index in [1.165, 1.54) is 7.05 Å². The van der Waals surface area contributed by atoms with Gasteiger partial charge in [-0.1, -0.05) is 6.07 Å². The van der Waals surface area contributed by atoms with Gasteiger partial charge in [0.25, 0.3) is 10.2 Å². The van der Waals surface area contributed by atoms with Gasteiger partial charge in [-0.25, -0.2) is 0 Å². The number of carbonyl (C=O) groups excluding carboxylic acids is 1. The summed E-state index contributed by atoms with van der Waals surface area (Å²) in [5.41, 5.74) is 2.36. The van der Waals surface area contributed by atoms with Crippen molar-refractivity contribution in [3.05, 3.63) is 41.2 Å². The number of hydrogen-bond acceptors (Lipinski definition) is 6. The van der Waals surface area contributed by atoms with Crippen LogP contribution in [-0.2, 0) is 28.1 Å². The van der Waals surface area contributed by atoms with E-state index in [1.807, 2.05) is 26.1 Å². The van der Waals surface area contributed by atoms with Gasteiger partial charge in [-0.05, 0) is 38.0 Å². The van der Waals surface area contributed by atoms with Crippen LogP contribution in [0.15, 0.2) is 24.4 Å². The molecule has 2 aliphatic rings. The molecule has 1 saturated heterocycles. The molecule has 30 heavy (non-hydrogen) atoms. The highest BCUT2D eigenvalue weighted by molar-refractivity contribution is 7.87. The number of benzene rings is 1. The van der Waals surface area contributed by atoms with Gasteiger partial charge in [0.1, 0.15) is 6.04 Å². The minimum absolute atomic E-state index is 0.179. The third kappa shape index (κ3) is 3.87. The lowest BCUT2D eigenvalue weighted by molar-refractivity contribution is -0.125. The standard InChI is InChI=1S/C19H25N5O5S/c1-4-24-10-14(12(2)21-24)15-8-16(23(3)30(26,27)22-15)19(25)20-9-13-5-6-17-18(7-13)29-11-28-17/h5-7,10,15-16,22H,4,8-9,11H2,1-3H3,(H,20,25)/t15-,16-/m0/s1. The molecule has 1 fully saturated rings. The molecule has 10 nitrogen and oxygen atoms in total. The van der Waals surface area contributed by atoms with Gasteiger partial charge in [0.15, 0.2) is 11.5 Å². The molecule has 0 aliphatic carbocycles. The Hall–Kier alpha value is -2.63. The van der Waals surface area contributed by atoms with Crippen molar-refractivity contribution in [1.82, 2.24) is 24.1 Å². The van der Waals surface area contributed by atoms with Crippen LogP contribution < -0.4 is 19.5 Å². The highest BCUT2D eigenvalue weighted by Crippen LogP contribution is 2.33. The number of ether oxygens (including phenoxy) is 2. The van der Waals surface area contributed by atoms with E-state index in [-0.39, 0.29) is 19.2 Å². The number of fused-ring (bicyclic) bond motifs is 1.